The Kier molecular flexibility index (Phi) is 4.48. The molecule has 0 bridgehead atoms. The van der Waals surface area contributed by atoms with Crippen molar-refractivity contribution >= 4 is 17.9 Å². The Bertz CT molecular complexity index is 597. The van der Waals surface area contributed by atoms with Gasteiger partial charge in [0.1, 0.15) is 5.82 Å². The van der Waals surface area contributed by atoms with Gasteiger partial charge in [-0.25, -0.2) is 4.99 Å². The molecule has 5 heteroatoms. The molecule has 1 aromatic rings. The molecule has 1 aliphatic carbocycles. The summed E-state index contributed by atoms with van der Waals surface area (Å²) in [4.78, 5) is 7.45. The van der Waals surface area contributed by atoms with E-state index < -0.39 is 0 Å². The molecule has 2 aliphatic rings. The lowest BCUT2D eigenvalue weighted by Gasteiger charge is -2.32. The van der Waals surface area contributed by atoms with Gasteiger partial charge in [0.05, 0.1) is 12.0 Å². The maximum Gasteiger partial charge on any atom is 0.141 e. The molecule has 1 aromatic heterocycles. The van der Waals surface area contributed by atoms with Crippen LogP contribution in [-0.4, -0.2) is 23.4 Å². The Morgan fingerprint density at radius 1 is 1.30 bits per heavy atom. The summed E-state index contributed by atoms with van der Waals surface area (Å²) in [7, 11) is 0. The zero-order chi connectivity index (χ0) is 16.4. The van der Waals surface area contributed by atoms with Crippen molar-refractivity contribution in [2.24, 2.45) is 22.6 Å². The molecule has 126 valence electrons. The SMILES string of the molecule is CC(C)(C)NCC1CCC(/C(N)=C2/NC=Nc3[nH]ccc32)CC1. The number of aliphatic imine (C=N–C) groups is 1. The fraction of sp³-hybridized carbons (Fsp3) is 0.611. The Morgan fingerprint density at radius 2 is 2.04 bits per heavy atom. The summed E-state index contributed by atoms with van der Waals surface area (Å²) in [5.41, 5.74) is 9.82. The number of aromatic nitrogens is 1. The molecule has 23 heavy (non-hydrogen) atoms. The Balaban J connectivity index is 1.62. The fourth-order valence-electron chi connectivity index (χ4n) is 3.48. The quantitative estimate of drug-likeness (QED) is 0.692. The highest BCUT2D eigenvalue weighted by molar-refractivity contribution is 5.87. The number of hydrogen-bond donors (Lipinski definition) is 4. The molecule has 2 heterocycles. The molecule has 0 radical (unpaired) electrons. The topological polar surface area (TPSA) is 78.2 Å². The second-order valence-electron chi connectivity index (χ2n) is 7.82. The van der Waals surface area contributed by atoms with Crippen LogP contribution in [0.5, 0.6) is 0 Å². The van der Waals surface area contributed by atoms with Crippen molar-refractivity contribution in [1.82, 2.24) is 15.6 Å². The average molecular weight is 315 g/mol. The number of H-pyrrole nitrogens is 1. The summed E-state index contributed by atoms with van der Waals surface area (Å²) < 4.78 is 0. The van der Waals surface area contributed by atoms with Gasteiger partial charge >= 0.3 is 0 Å². The third-order valence-corrected chi connectivity index (χ3v) is 4.89. The number of nitrogens with zero attached hydrogens (tertiary/aromatic N) is 1. The van der Waals surface area contributed by atoms with E-state index in [4.69, 9.17) is 5.73 Å². The monoisotopic (exact) mass is 315 g/mol. The molecule has 0 saturated heterocycles. The van der Waals surface area contributed by atoms with Gasteiger partial charge in [-0.3, -0.25) is 0 Å². The zero-order valence-electron chi connectivity index (χ0n) is 14.4. The number of nitrogens with two attached hydrogens (primary N) is 1. The van der Waals surface area contributed by atoms with Gasteiger partial charge in [0.2, 0.25) is 0 Å². The lowest BCUT2D eigenvalue weighted by Crippen LogP contribution is -2.40. The van der Waals surface area contributed by atoms with E-state index in [1.165, 1.54) is 25.7 Å². The number of rotatable bonds is 3. The molecule has 1 fully saturated rings. The van der Waals surface area contributed by atoms with E-state index in [1.807, 2.05) is 12.3 Å². The highest BCUT2D eigenvalue weighted by Crippen LogP contribution is 2.36. The van der Waals surface area contributed by atoms with Gasteiger partial charge in [0.25, 0.3) is 0 Å². The van der Waals surface area contributed by atoms with Gasteiger partial charge in [0, 0.05) is 28.9 Å². The third kappa shape index (κ3) is 3.78. The first-order chi connectivity index (χ1) is 10.9. The van der Waals surface area contributed by atoms with Crippen LogP contribution in [0.4, 0.5) is 5.82 Å². The van der Waals surface area contributed by atoms with Gasteiger partial charge in [-0.2, -0.15) is 0 Å². The molecule has 1 aliphatic heterocycles. The summed E-state index contributed by atoms with van der Waals surface area (Å²) >= 11 is 0. The van der Waals surface area contributed by atoms with Gasteiger partial charge in [-0.15, -0.1) is 0 Å². The molecular formula is C18H29N5. The lowest BCUT2D eigenvalue weighted by atomic mass is 9.79. The van der Waals surface area contributed by atoms with E-state index in [2.05, 4.69) is 41.4 Å². The van der Waals surface area contributed by atoms with Crippen molar-refractivity contribution in [2.45, 2.75) is 52.0 Å². The van der Waals surface area contributed by atoms with Crippen molar-refractivity contribution in [2.75, 3.05) is 6.54 Å². The first-order valence-corrected chi connectivity index (χ1v) is 8.65. The van der Waals surface area contributed by atoms with Crippen LogP contribution in [0, 0.1) is 11.8 Å². The van der Waals surface area contributed by atoms with E-state index >= 15 is 0 Å². The molecule has 3 rings (SSSR count). The van der Waals surface area contributed by atoms with Crippen LogP contribution in [-0.2, 0) is 0 Å². The standard InChI is InChI=1S/C18H29N5/c1-18(2,3)23-10-12-4-6-13(7-5-12)15(19)16-14-8-9-20-17(14)22-11-21-16/h8-9,11-13,20,23H,4-7,10,19H2,1-3H3,(H,21,22)/b16-15-. The molecule has 0 atom stereocenters. The zero-order valence-corrected chi connectivity index (χ0v) is 14.4. The van der Waals surface area contributed by atoms with E-state index in [0.717, 1.165) is 35.2 Å². The van der Waals surface area contributed by atoms with Crippen molar-refractivity contribution in [3.63, 3.8) is 0 Å². The molecule has 0 aromatic carbocycles. The Hall–Kier alpha value is -1.75. The van der Waals surface area contributed by atoms with Crippen LogP contribution in [0.1, 0.15) is 52.0 Å². The van der Waals surface area contributed by atoms with Crippen LogP contribution >= 0.6 is 0 Å². The first-order valence-electron chi connectivity index (χ1n) is 8.65. The van der Waals surface area contributed by atoms with Gasteiger partial charge in [-0.05, 0) is 65.0 Å². The van der Waals surface area contributed by atoms with Crippen LogP contribution in [0.25, 0.3) is 5.70 Å². The van der Waals surface area contributed by atoms with Gasteiger partial charge in [0.15, 0.2) is 0 Å². The smallest absolute Gasteiger partial charge is 0.141 e. The largest absolute Gasteiger partial charge is 0.400 e. The van der Waals surface area contributed by atoms with E-state index in [-0.39, 0.29) is 5.54 Å². The predicted octanol–water partition coefficient (Wildman–Crippen LogP) is 3.10. The summed E-state index contributed by atoms with van der Waals surface area (Å²) in [6.07, 6.45) is 8.47. The van der Waals surface area contributed by atoms with E-state index in [0.29, 0.717) is 5.92 Å². The first kappa shape index (κ1) is 16.1. The summed E-state index contributed by atoms with van der Waals surface area (Å²) in [6, 6.07) is 2.04. The molecule has 1 saturated carbocycles. The van der Waals surface area contributed by atoms with Crippen molar-refractivity contribution in [1.29, 1.82) is 0 Å². The van der Waals surface area contributed by atoms with Gasteiger partial charge < -0.3 is 21.4 Å². The second-order valence-corrected chi connectivity index (χ2v) is 7.82. The van der Waals surface area contributed by atoms with Crippen LogP contribution in [0.2, 0.25) is 0 Å². The van der Waals surface area contributed by atoms with E-state index in [1.54, 1.807) is 6.34 Å². The molecule has 0 spiro atoms. The molecule has 5 nitrogen and oxygen atoms in total. The highest BCUT2D eigenvalue weighted by Gasteiger charge is 2.26. The van der Waals surface area contributed by atoms with Crippen LogP contribution in [0.15, 0.2) is 23.0 Å². The fourth-order valence-corrected chi connectivity index (χ4v) is 3.48. The van der Waals surface area contributed by atoms with E-state index in [9.17, 15) is 0 Å². The third-order valence-electron chi connectivity index (χ3n) is 4.89. The molecule has 5 N–H and O–H groups in total. The minimum Gasteiger partial charge on any atom is -0.400 e. The van der Waals surface area contributed by atoms with Crippen molar-refractivity contribution < 1.29 is 0 Å². The van der Waals surface area contributed by atoms with Crippen LogP contribution < -0.4 is 16.4 Å². The van der Waals surface area contributed by atoms with Crippen LogP contribution in [0.3, 0.4) is 0 Å². The number of fused-ring (bicyclic) bond motifs is 1. The molecule has 0 amide bonds. The molecule has 0 unspecified atom stereocenters. The minimum absolute atomic E-state index is 0.202. The lowest BCUT2D eigenvalue weighted by molar-refractivity contribution is 0.269. The molecular weight excluding hydrogens is 286 g/mol. The van der Waals surface area contributed by atoms with Gasteiger partial charge in [-0.1, -0.05) is 0 Å². The Labute approximate surface area is 138 Å². The van der Waals surface area contributed by atoms with Crippen molar-refractivity contribution in [3.8, 4) is 0 Å². The summed E-state index contributed by atoms with van der Waals surface area (Å²) in [6.45, 7) is 7.79. The summed E-state index contributed by atoms with van der Waals surface area (Å²) in [5.74, 6) is 2.13. The number of allylic oxidation sites excluding steroid dienone is 1. The minimum atomic E-state index is 0.202. The highest BCUT2D eigenvalue weighted by atomic mass is 15.0. The predicted molar refractivity (Wildman–Crippen MR) is 96.4 cm³/mol. The van der Waals surface area contributed by atoms with Crippen molar-refractivity contribution in [3.05, 3.63) is 23.5 Å². The number of hydrogen-bond acceptors (Lipinski definition) is 4. The summed E-state index contributed by atoms with van der Waals surface area (Å²) in [5, 5.41) is 6.88. The average Bonchev–Trinajstić information content (AvgIpc) is 3.00. The number of nitrogens with one attached hydrogen (secondary N) is 3. The maximum absolute atomic E-state index is 6.51. The second kappa shape index (κ2) is 6.40. The Morgan fingerprint density at radius 3 is 2.74 bits per heavy atom. The maximum atomic E-state index is 6.51. The normalized spacial score (nSPS) is 26.6. The number of aromatic amines is 1.